The van der Waals surface area contributed by atoms with Crippen LogP contribution in [0.2, 0.25) is 0 Å². The fraction of sp³-hybridized carbons (Fsp3) is 0.474. The minimum absolute atomic E-state index is 0.0421. The lowest BCUT2D eigenvalue weighted by atomic mass is 10.2. The minimum Gasteiger partial charge on any atom is -0.377 e. The first-order valence-corrected chi connectivity index (χ1v) is 8.88. The Hall–Kier alpha value is -2.18. The molecule has 25 heavy (non-hydrogen) atoms. The number of hydrogen-bond donors (Lipinski definition) is 0. The van der Waals surface area contributed by atoms with Gasteiger partial charge in [0.1, 0.15) is 0 Å². The van der Waals surface area contributed by atoms with Gasteiger partial charge in [0.2, 0.25) is 5.95 Å². The van der Waals surface area contributed by atoms with Gasteiger partial charge in [0.25, 0.3) is 5.56 Å². The van der Waals surface area contributed by atoms with E-state index in [0.717, 1.165) is 48.9 Å². The molecule has 132 valence electrons. The molecule has 2 aliphatic heterocycles. The summed E-state index contributed by atoms with van der Waals surface area (Å²) in [5.41, 5.74) is 2.60. The second kappa shape index (κ2) is 6.61. The first-order chi connectivity index (χ1) is 12.1. The average Bonchev–Trinajstić information content (AvgIpc) is 3.14. The number of benzene rings is 1. The molecule has 0 spiro atoms. The van der Waals surface area contributed by atoms with E-state index in [-0.39, 0.29) is 11.7 Å². The molecule has 0 amide bonds. The highest BCUT2D eigenvalue weighted by Crippen LogP contribution is 2.28. The molecule has 2 aliphatic rings. The predicted octanol–water partition coefficient (Wildman–Crippen LogP) is 2.41. The van der Waals surface area contributed by atoms with Crippen molar-refractivity contribution in [2.45, 2.75) is 39.5 Å². The van der Waals surface area contributed by atoms with E-state index >= 15 is 0 Å². The van der Waals surface area contributed by atoms with Crippen LogP contribution in [0.25, 0.3) is 0 Å². The van der Waals surface area contributed by atoms with E-state index in [0.29, 0.717) is 13.3 Å². The zero-order chi connectivity index (χ0) is 17.4. The van der Waals surface area contributed by atoms with E-state index in [2.05, 4.69) is 21.9 Å². The second-order valence-electron chi connectivity index (χ2n) is 6.89. The van der Waals surface area contributed by atoms with Crippen molar-refractivity contribution in [1.29, 1.82) is 0 Å². The largest absolute Gasteiger partial charge is 0.377 e. The summed E-state index contributed by atoms with van der Waals surface area (Å²) in [6, 6.07) is 10.1. The third kappa shape index (κ3) is 3.07. The summed E-state index contributed by atoms with van der Waals surface area (Å²) in [5.74, 6) is 0.725. The van der Waals surface area contributed by atoms with Gasteiger partial charge < -0.3 is 4.74 Å². The van der Waals surface area contributed by atoms with Crippen LogP contribution in [0.5, 0.6) is 0 Å². The molecule has 1 aromatic carbocycles. The van der Waals surface area contributed by atoms with Crippen LogP contribution in [0.3, 0.4) is 0 Å². The molecule has 1 atom stereocenters. The van der Waals surface area contributed by atoms with Crippen LogP contribution in [0.15, 0.2) is 35.1 Å². The minimum atomic E-state index is 0.0421. The maximum absolute atomic E-state index is 12.8. The molecule has 0 radical (unpaired) electrons. The first kappa shape index (κ1) is 16.3. The molecule has 1 unspecified atom stereocenters. The summed E-state index contributed by atoms with van der Waals surface area (Å²) in [5, 5.41) is 0. The molecule has 0 saturated carbocycles. The number of aryl methyl sites for hydroxylation is 1. The van der Waals surface area contributed by atoms with Gasteiger partial charge in [0.05, 0.1) is 19.4 Å². The van der Waals surface area contributed by atoms with Crippen LogP contribution < -0.4 is 10.5 Å². The van der Waals surface area contributed by atoms with Crippen molar-refractivity contribution >= 4 is 11.6 Å². The van der Waals surface area contributed by atoms with Crippen LogP contribution in [-0.4, -0.2) is 40.4 Å². The number of fused-ring (bicyclic) bond motifs is 1. The van der Waals surface area contributed by atoms with Crippen LogP contribution in [0.4, 0.5) is 11.6 Å². The predicted molar refractivity (Wildman–Crippen MR) is 97.1 cm³/mol. The summed E-state index contributed by atoms with van der Waals surface area (Å²) in [6.07, 6.45) is 2.47. The smallest absolute Gasteiger partial charge is 0.259 e. The first-order valence-electron chi connectivity index (χ1n) is 8.88. The van der Waals surface area contributed by atoms with E-state index in [1.54, 1.807) is 4.57 Å². The zero-order valence-corrected chi connectivity index (χ0v) is 14.8. The Labute approximate surface area is 147 Å². The number of ether oxygens (including phenoxy) is 1. The Morgan fingerprint density at radius 1 is 1.20 bits per heavy atom. The molecule has 0 bridgehead atoms. The van der Waals surface area contributed by atoms with Crippen molar-refractivity contribution in [3.8, 4) is 0 Å². The molecule has 6 nitrogen and oxygen atoms in total. The summed E-state index contributed by atoms with van der Waals surface area (Å²) < 4.78 is 7.58. The third-order valence-electron chi connectivity index (χ3n) is 5.10. The summed E-state index contributed by atoms with van der Waals surface area (Å²) in [6.45, 7) is 6.70. The lowest BCUT2D eigenvalue weighted by Crippen LogP contribution is -2.49. The monoisotopic (exact) mass is 340 g/mol. The highest BCUT2D eigenvalue weighted by Gasteiger charge is 2.29. The molecule has 2 aromatic rings. The summed E-state index contributed by atoms with van der Waals surface area (Å²) >= 11 is 0. The summed E-state index contributed by atoms with van der Waals surface area (Å²) in [7, 11) is 0. The molecule has 1 saturated heterocycles. The summed E-state index contributed by atoms with van der Waals surface area (Å²) in [4.78, 5) is 22.0. The number of nitrogens with zero attached hydrogens (tertiary/aromatic N) is 4. The molecular formula is C19H24N4O2. The van der Waals surface area contributed by atoms with Crippen LogP contribution in [0.1, 0.15) is 24.1 Å². The highest BCUT2D eigenvalue weighted by atomic mass is 16.5. The standard InChI is InChI=1S/C19H24N4O2/c1-14-15(2)20-19-22(16-7-4-3-5-8-16)12-21(13-23(19)18(14)24)11-17-9-6-10-25-17/h3-5,7-8,17H,6,9-13H2,1-2H3. The molecule has 4 rings (SSSR count). The molecule has 1 fully saturated rings. The topological polar surface area (TPSA) is 50.6 Å². The van der Waals surface area contributed by atoms with Gasteiger partial charge in [-0.2, -0.15) is 0 Å². The fourth-order valence-electron chi connectivity index (χ4n) is 3.58. The van der Waals surface area contributed by atoms with Gasteiger partial charge in [-0.25, -0.2) is 4.98 Å². The van der Waals surface area contributed by atoms with E-state index in [1.165, 1.54) is 0 Å². The van der Waals surface area contributed by atoms with Gasteiger partial charge in [-0.3, -0.25) is 19.2 Å². The normalized spacial score (nSPS) is 20.7. The van der Waals surface area contributed by atoms with Crippen molar-refractivity contribution in [3.63, 3.8) is 0 Å². The Bertz CT molecular complexity index is 812. The van der Waals surface area contributed by atoms with Crippen LogP contribution in [0, 0.1) is 13.8 Å². The zero-order valence-electron chi connectivity index (χ0n) is 14.8. The van der Waals surface area contributed by atoms with Gasteiger partial charge in [-0.05, 0) is 38.8 Å². The second-order valence-corrected chi connectivity index (χ2v) is 6.89. The molecule has 0 aliphatic carbocycles. The number of anilines is 2. The van der Waals surface area contributed by atoms with Crippen molar-refractivity contribution in [3.05, 3.63) is 51.9 Å². The van der Waals surface area contributed by atoms with E-state index in [9.17, 15) is 4.79 Å². The molecule has 0 N–H and O–H groups in total. The molecule has 3 heterocycles. The maximum atomic E-state index is 12.8. The fourth-order valence-corrected chi connectivity index (χ4v) is 3.58. The SMILES string of the molecule is Cc1nc2n(c(=O)c1C)CN(CC1CCCO1)CN2c1ccccc1. The molecular weight excluding hydrogens is 316 g/mol. The highest BCUT2D eigenvalue weighted by molar-refractivity contribution is 5.58. The van der Waals surface area contributed by atoms with Crippen molar-refractivity contribution in [2.24, 2.45) is 0 Å². The third-order valence-corrected chi connectivity index (χ3v) is 5.10. The quantitative estimate of drug-likeness (QED) is 0.859. The van der Waals surface area contributed by atoms with Crippen molar-refractivity contribution in [1.82, 2.24) is 14.5 Å². The lowest BCUT2D eigenvalue weighted by Gasteiger charge is -2.39. The number of hydrogen-bond acceptors (Lipinski definition) is 5. The van der Waals surface area contributed by atoms with Crippen LogP contribution >= 0.6 is 0 Å². The Kier molecular flexibility index (Phi) is 4.31. The van der Waals surface area contributed by atoms with Gasteiger partial charge >= 0.3 is 0 Å². The van der Waals surface area contributed by atoms with Crippen molar-refractivity contribution in [2.75, 3.05) is 24.7 Å². The van der Waals surface area contributed by atoms with Gasteiger partial charge in [-0.15, -0.1) is 0 Å². The van der Waals surface area contributed by atoms with E-state index < -0.39 is 0 Å². The van der Waals surface area contributed by atoms with E-state index in [4.69, 9.17) is 9.72 Å². The Morgan fingerprint density at radius 2 is 2.00 bits per heavy atom. The van der Waals surface area contributed by atoms with Gasteiger partial charge in [0, 0.05) is 30.1 Å². The average molecular weight is 340 g/mol. The number of aromatic nitrogens is 2. The van der Waals surface area contributed by atoms with Crippen molar-refractivity contribution < 1.29 is 4.74 Å². The molecule has 6 heteroatoms. The molecule has 1 aromatic heterocycles. The Balaban J connectivity index is 1.74. The van der Waals surface area contributed by atoms with Gasteiger partial charge in [-0.1, -0.05) is 18.2 Å². The maximum Gasteiger partial charge on any atom is 0.259 e. The number of para-hydroxylation sites is 1. The van der Waals surface area contributed by atoms with E-state index in [1.807, 2.05) is 32.0 Å². The van der Waals surface area contributed by atoms with Gasteiger partial charge in [0.15, 0.2) is 0 Å². The van der Waals surface area contributed by atoms with Crippen LogP contribution in [-0.2, 0) is 11.4 Å². The lowest BCUT2D eigenvalue weighted by molar-refractivity contribution is 0.0584. The number of rotatable bonds is 3. The Morgan fingerprint density at radius 3 is 2.72 bits per heavy atom.